The summed E-state index contributed by atoms with van der Waals surface area (Å²) in [4.78, 5) is 4.20. The number of pyridine rings is 1. The summed E-state index contributed by atoms with van der Waals surface area (Å²) in [5, 5.41) is 4.72. The summed E-state index contributed by atoms with van der Waals surface area (Å²) in [6.45, 7) is 0. The molecule has 0 saturated heterocycles. The second-order valence-electron chi connectivity index (χ2n) is 7.79. The maximum absolute atomic E-state index is 14.1. The minimum Gasteiger partial charge on any atom is -0.240 e. The number of anilines is 1. The Kier molecular flexibility index (Phi) is 5.92. The van der Waals surface area contributed by atoms with Crippen LogP contribution >= 0.6 is 0 Å². The standard InChI is InChI=1S/C23H18F5N3O2S/c1-34(32,33)18-10-8-15(9-11-18)16-5-4-6-17(13-16)19-14-20(22(24,25)23(26,27)28)30-31(19)21-7-2-3-12-29-21/h2-13,19H,14H2,1H3. The summed E-state index contributed by atoms with van der Waals surface area (Å²) in [7, 11) is -3.38. The number of aromatic nitrogens is 1. The van der Waals surface area contributed by atoms with Crippen LogP contribution in [0.2, 0.25) is 0 Å². The topological polar surface area (TPSA) is 62.6 Å². The fraction of sp³-hybridized carbons (Fsp3) is 0.217. The first kappa shape index (κ1) is 23.8. The molecule has 34 heavy (non-hydrogen) atoms. The van der Waals surface area contributed by atoms with Gasteiger partial charge in [-0.3, -0.25) is 0 Å². The second kappa shape index (κ2) is 8.46. The number of hydrogen-bond acceptors (Lipinski definition) is 5. The van der Waals surface area contributed by atoms with E-state index in [0.29, 0.717) is 16.7 Å². The predicted molar refractivity (Wildman–Crippen MR) is 117 cm³/mol. The Morgan fingerprint density at radius 2 is 1.62 bits per heavy atom. The van der Waals surface area contributed by atoms with E-state index in [-0.39, 0.29) is 10.7 Å². The quantitative estimate of drug-likeness (QED) is 0.429. The van der Waals surface area contributed by atoms with Crippen molar-refractivity contribution in [1.29, 1.82) is 0 Å². The van der Waals surface area contributed by atoms with Gasteiger partial charge >= 0.3 is 12.1 Å². The molecule has 0 fully saturated rings. The molecule has 2 heterocycles. The number of halogens is 5. The van der Waals surface area contributed by atoms with E-state index in [1.165, 1.54) is 24.4 Å². The molecule has 4 rings (SSSR count). The first-order valence-corrected chi connectivity index (χ1v) is 11.9. The molecule has 1 aromatic heterocycles. The highest BCUT2D eigenvalue weighted by atomic mass is 32.2. The van der Waals surface area contributed by atoms with Crippen molar-refractivity contribution in [1.82, 2.24) is 4.98 Å². The normalized spacial score (nSPS) is 17.1. The molecule has 0 aliphatic carbocycles. The Bertz CT molecular complexity index is 1320. The van der Waals surface area contributed by atoms with Crippen LogP contribution in [0.5, 0.6) is 0 Å². The highest BCUT2D eigenvalue weighted by Gasteiger charge is 2.62. The minimum atomic E-state index is -5.78. The number of sulfone groups is 1. The molecule has 2 aromatic carbocycles. The van der Waals surface area contributed by atoms with Gasteiger partial charge in [0, 0.05) is 18.9 Å². The van der Waals surface area contributed by atoms with Crippen LogP contribution in [0, 0.1) is 0 Å². The summed E-state index contributed by atoms with van der Waals surface area (Å²) in [5.41, 5.74) is 0.443. The lowest BCUT2D eigenvalue weighted by molar-refractivity contribution is -0.249. The molecule has 1 aliphatic rings. The molecule has 1 unspecified atom stereocenters. The van der Waals surface area contributed by atoms with Gasteiger partial charge < -0.3 is 0 Å². The summed E-state index contributed by atoms with van der Waals surface area (Å²) in [6.07, 6.45) is -3.95. The lowest BCUT2D eigenvalue weighted by Crippen LogP contribution is -2.43. The molecule has 0 radical (unpaired) electrons. The van der Waals surface area contributed by atoms with Gasteiger partial charge in [0.1, 0.15) is 11.5 Å². The molecule has 0 amide bonds. The number of hydrogen-bond donors (Lipinski definition) is 0. The second-order valence-corrected chi connectivity index (χ2v) is 9.81. The molecule has 3 aromatic rings. The molecule has 1 atom stereocenters. The molecule has 0 saturated carbocycles. The molecular weight excluding hydrogens is 477 g/mol. The molecule has 0 bridgehead atoms. The molecule has 0 spiro atoms. The number of rotatable bonds is 5. The van der Waals surface area contributed by atoms with Crippen molar-refractivity contribution in [3.8, 4) is 11.1 Å². The first-order chi connectivity index (χ1) is 15.9. The van der Waals surface area contributed by atoms with Gasteiger partial charge in [0.2, 0.25) is 0 Å². The van der Waals surface area contributed by atoms with Crippen LogP contribution < -0.4 is 5.01 Å². The Balaban J connectivity index is 1.73. The van der Waals surface area contributed by atoms with E-state index < -0.39 is 40.1 Å². The lowest BCUT2D eigenvalue weighted by atomic mass is 9.95. The van der Waals surface area contributed by atoms with Crippen molar-refractivity contribution >= 4 is 21.4 Å². The van der Waals surface area contributed by atoms with E-state index in [1.54, 1.807) is 48.5 Å². The van der Waals surface area contributed by atoms with Crippen LogP contribution in [0.1, 0.15) is 18.0 Å². The van der Waals surface area contributed by atoms with Crippen molar-refractivity contribution in [3.05, 3.63) is 78.5 Å². The largest absolute Gasteiger partial charge is 0.459 e. The third kappa shape index (κ3) is 4.52. The van der Waals surface area contributed by atoms with Crippen molar-refractivity contribution < 1.29 is 30.4 Å². The number of hydrazone groups is 1. The maximum atomic E-state index is 14.1. The molecule has 11 heteroatoms. The predicted octanol–water partition coefficient (Wildman–Crippen LogP) is 5.66. The summed E-state index contributed by atoms with van der Waals surface area (Å²) in [6, 6.07) is 16.4. The van der Waals surface area contributed by atoms with Crippen LogP contribution in [0.4, 0.5) is 27.8 Å². The van der Waals surface area contributed by atoms with E-state index in [1.807, 2.05) is 0 Å². The van der Waals surface area contributed by atoms with Gasteiger partial charge in [0.25, 0.3) is 0 Å². The van der Waals surface area contributed by atoms with E-state index in [9.17, 15) is 30.4 Å². The van der Waals surface area contributed by atoms with Crippen LogP contribution in [-0.2, 0) is 9.84 Å². The van der Waals surface area contributed by atoms with Crippen LogP contribution in [0.3, 0.4) is 0 Å². The summed E-state index contributed by atoms with van der Waals surface area (Å²) in [5.74, 6) is -4.96. The Labute approximate surface area is 192 Å². The molecule has 5 nitrogen and oxygen atoms in total. The first-order valence-electron chi connectivity index (χ1n) is 10.0. The van der Waals surface area contributed by atoms with Crippen molar-refractivity contribution in [2.24, 2.45) is 5.10 Å². The summed E-state index contributed by atoms with van der Waals surface area (Å²) >= 11 is 0. The molecule has 1 aliphatic heterocycles. The third-order valence-corrected chi connectivity index (χ3v) is 6.53. The van der Waals surface area contributed by atoms with Crippen LogP contribution in [0.25, 0.3) is 11.1 Å². The highest BCUT2D eigenvalue weighted by molar-refractivity contribution is 7.90. The molecule has 0 N–H and O–H groups in total. The number of alkyl halides is 5. The van der Waals surface area contributed by atoms with E-state index in [4.69, 9.17) is 0 Å². The van der Waals surface area contributed by atoms with Gasteiger partial charge in [-0.25, -0.2) is 18.4 Å². The molecule has 178 valence electrons. The van der Waals surface area contributed by atoms with Crippen LogP contribution in [-0.4, -0.2) is 37.5 Å². The van der Waals surface area contributed by atoms with Gasteiger partial charge in [-0.15, -0.1) is 0 Å². The van der Waals surface area contributed by atoms with Gasteiger partial charge in [-0.05, 0) is 47.0 Å². The zero-order chi connectivity index (χ0) is 24.7. The number of benzene rings is 2. The fourth-order valence-corrected chi connectivity index (χ4v) is 4.27. The zero-order valence-corrected chi connectivity index (χ0v) is 18.5. The van der Waals surface area contributed by atoms with Gasteiger partial charge in [-0.1, -0.05) is 36.4 Å². The van der Waals surface area contributed by atoms with Gasteiger partial charge in [-0.2, -0.15) is 27.1 Å². The van der Waals surface area contributed by atoms with Gasteiger partial charge in [0.15, 0.2) is 9.84 Å². The Morgan fingerprint density at radius 1 is 0.912 bits per heavy atom. The van der Waals surface area contributed by atoms with Crippen molar-refractivity contribution in [2.75, 3.05) is 11.3 Å². The maximum Gasteiger partial charge on any atom is 0.459 e. The fourth-order valence-electron chi connectivity index (χ4n) is 3.64. The average Bonchev–Trinajstić information content (AvgIpc) is 3.25. The smallest absolute Gasteiger partial charge is 0.240 e. The van der Waals surface area contributed by atoms with Gasteiger partial charge in [0.05, 0.1) is 10.9 Å². The van der Waals surface area contributed by atoms with Crippen molar-refractivity contribution in [2.45, 2.75) is 29.5 Å². The third-order valence-electron chi connectivity index (χ3n) is 5.40. The van der Waals surface area contributed by atoms with E-state index in [0.717, 1.165) is 11.3 Å². The Morgan fingerprint density at radius 3 is 2.21 bits per heavy atom. The van der Waals surface area contributed by atoms with Crippen molar-refractivity contribution in [3.63, 3.8) is 0 Å². The summed E-state index contributed by atoms with van der Waals surface area (Å²) < 4.78 is 90.8. The number of nitrogens with zero attached hydrogens (tertiary/aromatic N) is 3. The monoisotopic (exact) mass is 495 g/mol. The minimum absolute atomic E-state index is 0.128. The zero-order valence-electron chi connectivity index (χ0n) is 17.7. The lowest BCUT2D eigenvalue weighted by Gasteiger charge is -2.23. The SMILES string of the molecule is CS(=O)(=O)c1ccc(-c2cccc(C3CC(C(F)(F)C(F)(F)F)=NN3c3ccccn3)c2)cc1. The molecular formula is C23H18F5N3O2S. The average molecular weight is 495 g/mol. The van der Waals surface area contributed by atoms with E-state index >= 15 is 0 Å². The van der Waals surface area contributed by atoms with E-state index in [2.05, 4.69) is 10.1 Å². The van der Waals surface area contributed by atoms with Crippen LogP contribution in [0.15, 0.2) is 82.9 Å². The Hall–Kier alpha value is -3.34. The highest BCUT2D eigenvalue weighted by Crippen LogP contribution is 2.44.